The average Bonchev–Trinajstić information content (AvgIpc) is 2.96. The molecule has 0 bridgehead atoms. The summed E-state index contributed by atoms with van der Waals surface area (Å²) in [5, 5.41) is 9.15. The number of nitrogens with zero attached hydrogens (tertiary/aromatic N) is 4. The molecule has 0 spiro atoms. The topological polar surface area (TPSA) is 65.3 Å². The maximum absolute atomic E-state index is 12.2. The van der Waals surface area contributed by atoms with E-state index in [1.165, 1.54) is 49.1 Å². The fourth-order valence-corrected chi connectivity index (χ4v) is 5.25. The first-order chi connectivity index (χ1) is 14.9. The Morgan fingerprint density at radius 2 is 1.68 bits per heavy atom. The van der Waals surface area contributed by atoms with E-state index in [0.717, 1.165) is 16.8 Å². The lowest BCUT2D eigenvalue weighted by atomic mass is 9.74. The number of imide groups is 1. The fraction of sp³-hybridized carbons (Fsp3) is 0.600. The Hall–Kier alpha value is -2.34. The second kappa shape index (κ2) is 9.43. The number of amides is 2. The van der Waals surface area contributed by atoms with E-state index in [9.17, 15) is 9.59 Å². The summed E-state index contributed by atoms with van der Waals surface area (Å²) >= 11 is 0. The molecule has 1 saturated heterocycles. The van der Waals surface area contributed by atoms with Gasteiger partial charge in [-0.2, -0.15) is 10.2 Å². The van der Waals surface area contributed by atoms with Crippen molar-refractivity contribution in [2.45, 2.75) is 65.3 Å². The molecule has 1 aromatic rings. The van der Waals surface area contributed by atoms with Crippen LogP contribution >= 0.6 is 0 Å². The Morgan fingerprint density at radius 3 is 2.32 bits per heavy atom. The van der Waals surface area contributed by atoms with Gasteiger partial charge in [0.25, 0.3) is 0 Å². The third-order valence-electron chi connectivity index (χ3n) is 7.02. The minimum absolute atomic E-state index is 0.0629. The van der Waals surface area contributed by atoms with Crippen molar-refractivity contribution in [3.63, 3.8) is 0 Å². The summed E-state index contributed by atoms with van der Waals surface area (Å²) in [5.74, 6) is 0.670. The van der Waals surface area contributed by atoms with Crippen LogP contribution in [0.5, 0.6) is 0 Å². The molecule has 1 saturated carbocycles. The maximum atomic E-state index is 12.2. The quantitative estimate of drug-likeness (QED) is 0.667. The normalized spacial score (nSPS) is 27.0. The Bertz CT molecular complexity index is 889. The minimum Gasteiger partial charge on any atom is -0.284 e. The number of carbonyl (C=O) groups is 2. The van der Waals surface area contributed by atoms with Crippen LogP contribution in [-0.4, -0.2) is 46.8 Å². The molecule has 166 valence electrons. The summed E-state index contributed by atoms with van der Waals surface area (Å²) in [5.41, 5.74) is 4.65. The van der Waals surface area contributed by atoms with Crippen molar-refractivity contribution >= 4 is 23.2 Å². The number of hydrogen-bond donors (Lipinski definition) is 0. The summed E-state index contributed by atoms with van der Waals surface area (Å²) in [6.45, 7) is 4.98. The Kier molecular flexibility index (Phi) is 6.65. The predicted octanol–water partition coefficient (Wildman–Crippen LogP) is 4.24. The number of rotatable bonds is 5. The lowest BCUT2D eigenvalue weighted by Gasteiger charge is -2.32. The molecule has 2 fully saturated rings. The third-order valence-corrected chi connectivity index (χ3v) is 7.02. The van der Waals surface area contributed by atoms with Gasteiger partial charge in [0.2, 0.25) is 11.8 Å². The van der Waals surface area contributed by atoms with Gasteiger partial charge in [-0.05, 0) is 37.9 Å². The van der Waals surface area contributed by atoms with Gasteiger partial charge in [0.15, 0.2) is 0 Å². The molecule has 0 N–H and O–H groups in total. The van der Waals surface area contributed by atoms with E-state index in [-0.39, 0.29) is 17.7 Å². The van der Waals surface area contributed by atoms with Gasteiger partial charge < -0.3 is 0 Å². The van der Waals surface area contributed by atoms with Crippen LogP contribution in [0.3, 0.4) is 0 Å². The highest BCUT2D eigenvalue weighted by atomic mass is 16.2. The van der Waals surface area contributed by atoms with Crippen LogP contribution in [0.4, 0.5) is 0 Å². The SMILES string of the molecule is CC1=NN=C(c2ccc(CN(C)CN3C(=O)CC(C)C3=O)cc2)C2CCCCCCC12. The molecular formula is C25H34N4O2. The summed E-state index contributed by atoms with van der Waals surface area (Å²) in [6.07, 6.45) is 7.94. The monoisotopic (exact) mass is 422 g/mol. The van der Waals surface area contributed by atoms with Gasteiger partial charge in [-0.15, -0.1) is 0 Å². The lowest BCUT2D eigenvalue weighted by Crippen LogP contribution is -2.39. The summed E-state index contributed by atoms with van der Waals surface area (Å²) in [7, 11) is 1.94. The van der Waals surface area contributed by atoms with Crippen molar-refractivity contribution in [1.29, 1.82) is 0 Å². The third kappa shape index (κ3) is 4.79. The molecule has 0 radical (unpaired) electrons. The first kappa shape index (κ1) is 21.9. The molecule has 3 atom stereocenters. The van der Waals surface area contributed by atoms with Crippen LogP contribution in [0.25, 0.3) is 0 Å². The molecule has 4 rings (SSSR count). The van der Waals surface area contributed by atoms with E-state index in [2.05, 4.69) is 41.4 Å². The number of benzene rings is 1. The lowest BCUT2D eigenvalue weighted by molar-refractivity contribution is -0.141. The van der Waals surface area contributed by atoms with Gasteiger partial charge in [-0.3, -0.25) is 19.4 Å². The maximum Gasteiger partial charge on any atom is 0.233 e. The number of likely N-dealkylation sites (tertiary alicyclic amines) is 1. The van der Waals surface area contributed by atoms with Crippen molar-refractivity contribution in [3.8, 4) is 0 Å². The zero-order chi connectivity index (χ0) is 22.0. The second-order valence-corrected chi connectivity index (χ2v) is 9.55. The van der Waals surface area contributed by atoms with Gasteiger partial charge in [-0.25, -0.2) is 0 Å². The summed E-state index contributed by atoms with van der Waals surface area (Å²) in [6, 6.07) is 8.58. The van der Waals surface area contributed by atoms with Gasteiger partial charge in [0, 0.05) is 36.4 Å². The fourth-order valence-electron chi connectivity index (χ4n) is 5.25. The van der Waals surface area contributed by atoms with Gasteiger partial charge in [0.05, 0.1) is 12.4 Å². The molecule has 3 unspecified atom stereocenters. The van der Waals surface area contributed by atoms with Crippen LogP contribution in [0.1, 0.15) is 69.9 Å². The van der Waals surface area contributed by atoms with Crippen LogP contribution in [0.2, 0.25) is 0 Å². The number of fused-ring (bicyclic) bond motifs is 1. The van der Waals surface area contributed by atoms with E-state index < -0.39 is 0 Å². The molecule has 3 aliphatic rings. The average molecular weight is 423 g/mol. The van der Waals surface area contributed by atoms with Crippen molar-refractivity contribution in [2.24, 2.45) is 28.0 Å². The van der Waals surface area contributed by atoms with Crippen LogP contribution in [0, 0.1) is 17.8 Å². The van der Waals surface area contributed by atoms with E-state index in [0.29, 0.717) is 31.5 Å². The highest BCUT2D eigenvalue weighted by molar-refractivity contribution is 6.07. The largest absolute Gasteiger partial charge is 0.284 e. The second-order valence-electron chi connectivity index (χ2n) is 9.55. The molecule has 6 heteroatoms. The van der Waals surface area contributed by atoms with E-state index in [1.54, 1.807) is 0 Å². The first-order valence-corrected chi connectivity index (χ1v) is 11.7. The Morgan fingerprint density at radius 1 is 1.00 bits per heavy atom. The molecule has 1 aliphatic carbocycles. The van der Waals surface area contributed by atoms with Crippen LogP contribution < -0.4 is 0 Å². The van der Waals surface area contributed by atoms with E-state index in [1.807, 2.05) is 18.9 Å². The zero-order valence-electron chi connectivity index (χ0n) is 19.0. The number of carbonyl (C=O) groups excluding carboxylic acids is 2. The Balaban J connectivity index is 1.43. The predicted molar refractivity (Wildman–Crippen MR) is 123 cm³/mol. The molecule has 31 heavy (non-hydrogen) atoms. The van der Waals surface area contributed by atoms with Crippen LogP contribution in [0.15, 0.2) is 34.5 Å². The first-order valence-electron chi connectivity index (χ1n) is 11.7. The van der Waals surface area contributed by atoms with Gasteiger partial charge >= 0.3 is 0 Å². The van der Waals surface area contributed by atoms with E-state index in [4.69, 9.17) is 0 Å². The van der Waals surface area contributed by atoms with Crippen molar-refractivity contribution in [3.05, 3.63) is 35.4 Å². The van der Waals surface area contributed by atoms with Gasteiger partial charge in [-0.1, -0.05) is 56.9 Å². The highest BCUT2D eigenvalue weighted by Crippen LogP contribution is 2.34. The summed E-state index contributed by atoms with van der Waals surface area (Å²) in [4.78, 5) is 27.6. The zero-order valence-corrected chi connectivity index (χ0v) is 19.0. The van der Waals surface area contributed by atoms with Crippen molar-refractivity contribution in [1.82, 2.24) is 9.80 Å². The number of hydrogen-bond acceptors (Lipinski definition) is 5. The summed E-state index contributed by atoms with van der Waals surface area (Å²) < 4.78 is 0. The van der Waals surface area contributed by atoms with Gasteiger partial charge in [0.1, 0.15) is 0 Å². The smallest absolute Gasteiger partial charge is 0.233 e. The van der Waals surface area contributed by atoms with Crippen LogP contribution in [-0.2, 0) is 16.1 Å². The van der Waals surface area contributed by atoms with E-state index >= 15 is 0 Å². The molecule has 6 nitrogen and oxygen atoms in total. The van der Waals surface area contributed by atoms with Crippen molar-refractivity contribution < 1.29 is 9.59 Å². The molecule has 2 heterocycles. The highest BCUT2D eigenvalue weighted by Gasteiger charge is 2.36. The minimum atomic E-state index is -0.195. The molecule has 2 amide bonds. The molecule has 1 aromatic carbocycles. The van der Waals surface area contributed by atoms with Crippen molar-refractivity contribution in [2.75, 3.05) is 13.7 Å². The molecular weight excluding hydrogens is 388 g/mol. The Labute approximate surface area is 185 Å². The standard InChI is InChI=1S/C25H34N4O2/c1-17-14-23(30)29(25(17)31)16-28(3)15-19-10-12-20(13-11-19)24-22-9-7-5-4-6-8-21(22)18(2)26-27-24/h10-13,17,21-22H,4-9,14-16H2,1-3H3. The molecule has 2 aliphatic heterocycles. The molecule has 0 aromatic heterocycles.